The molecule has 2 aromatic carbocycles. The number of ether oxygens (including phenoxy) is 2. The number of benzene rings is 2. The van der Waals surface area contributed by atoms with Crippen LogP contribution in [0.1, 0.15) is 59.0 Å². The van der Waals surface area contributed by atoms with Crippen molar-refractivity contribution in [3.8, 4) is 0 Å². The van der Waals surface area contributed by atoms with Crippen molar-refractivity contribution >= 4 is 46.2 Å². The van der Waals surface area contributed by atoms with Crippen molar-refractivity contribution in [2.45, 2.75) is 52.9 Å². The number of aromatic carboxylic acids is 1. The Bertz CT molecular complexity index is 1180. The van der Waals surface area contributed by atoms with E-state index >= 15 is 0 Å². The van der Waals surface area contributed by atoms with Crippen LogP contribution in [-0.2, 0) is 22.6 Å². The molecule has 0 spiro atoms. The zero-order valence-electron chi connectivity index (χ0n) is 18.8. The van der Waals surface area contributed by atoms with Crippen LogP contribution in [0.3, 0.4) is 0 Å². The number of carbonyl (C=O) groups is 2. The molecule has 0 aliphatic rings. The lowest BCUT2D eigenvalue weighted by molar-refractivity contribution is 0.00696. The van der Waals surface area contributed by atoms with E-state index in [9.17, 15) is 14.7 Å². The molecule has 10 heteroatoms. The van der Waals surface area contributed by atoms with E-state index < -0.39 is 17.5 Å². The van der Waals surface area contributed by atoms with Crippen molar-refractivity contribution in [1.29, 1.82) is 0 Å². The largest absolute Gasteiger partial charge is 0.478 e. The molecule has 0 saturated carbocycles. The number of aryl methyl sites for hydroxylation is 2. The average Bonchev–Trinajstić information content (AvgIpc) is 3.09. The standard InChI is InChI=1S/C23H25Cl2N3O5/c1-13-15(21(29)30)6-7-18-20(13)26-27-28(18)8-5-9-32-12-14-10-16(24)19(17(25)11-14)22(31)33-23(2,3)4/h6-7,10-11H,5,8-9,12H2,1-4H3,(H,29,30). The van der Waals surface area contributed by atoms with Crippen LogP contribution in [0.4, 0.5) is 0 Å². The normalized spacial score (nSPS) is 11.7. The number of aromatic nitrogens is 3. The van der Waals surface area contributed by atoms with Gasteiger partial charge in [-0.1, -0.05) is 28.4 Å². The van der Waals surface area contributed by atoms with Crippen LogP contribution in [0.25, 0.3) is 11.0 Å². The molecule has 0 aliphatic carbocycles. The smallest absolute Gasteiger partial charge is 0.341 e. The Hall–Kier alpha value is -2.68. The van der Waals surface area contributed by atoms with Crippen molar-refractivity contribution in [3.63, 3.8) is 0 Å². The molecular formula is C23H25Cl2N3O5. The van der Waals surface area contributed by atoms with E-state index in [0.29, 0.717) is 30.7 Å². The molecule has 0 bridgehead atoms. The summed E-state index contributed by atoms with van der Waals surface area (Å²) in [6.45, 7) is 8.30. The van der Waals surface area contributed by atoms with Gasteiger partial charge in [0.05, 0.1) is 33.3 Å². The van der Waals surface area contributed by atoms with Crippen LogP contribution in [0.5, 0.6) is 0 Å². The number of halogens is 2. The molecule has 0 saturated heterocycles. The van der Waals surface area contributed by atoms with Crippen LogP contribution >= 0.6 is 23.2 Å². The van der Waals surface area contributed by atoms with Gasteiger partial charge < -0.3 is 14.6 Å². The number of hydrogen-bond donors (Lipinski definition) is 1. The van der Waals surface area contributed by atoms with Gasteiger partial charge in [0.2, 0.25) is 0 Å². The summed E-state index contributed by atoms with van der Waals surface area (Å²) in [5.74, 6) is -1.56. The first-order chi connectivity index (χ1) is 15.5. The van der Waals surface area contributed by atoms with E-state index in [1.54, 1.807) is 56.6 Å². The third kappa shape index (κ3) is 6.01. The zero-order valence-corrected chi connectivity index (χ0v) is 20.3. The first-order valence-electron chi connectivity index (χ1n) is 10.3. The highest BCUT2D eigenvalue weighted by Gasteiger charge is 2.23. The topological polar surface area (TPSA) is 104 Å². The SMILES string of the molecule is Cc1c(C(=O)O)ccc2c1nnn2CCCOCc1cc(Cl)c(C(=O)OC(C)(C)C)c(Cl)c1. The molecule has 1 heterocycles. The van der Waals surface area contributed by atoms with Gasteiger partial charge in [0.15, 0.2) is 0 Å². The Labute approximate surface area is 201 Å². The van der Waals surface area contributed by atoms with E-state index in [1.807, 2.05) is 0 Å². The highest BCUT2D eigenvalue weighted by atomic mass is 35.5. The molecular weight excluding hydrogens is 469 g/mol. The number of fused-ring (bicyclic) bond motifs is 1. The van der Waals surface area contributed by atoms with Crippen LogP contribution in [0.2, 0.25) is 10.0 Å². The predicted octanol–water partition coefficient (Wildman–Crippen LogP) is 5.31. The maximum absolute atomic E-state index is 12.3. The molecule has 8 nitrogen and oxygen atoms in total. The zero-order chi connectivity index (χ0) is 24.3. The second-order valence-electron chi connectivity index (χ2n) is 8.57. The fourth-order valence-electron chi connectivity index (χ4n) is 3.30. The van der Waals surface area contributed by atoms with Gasteiger partial charge in [0.25, 0.3) is 0 Å². The lowest BCUT2D eigenvalue weighted by Gasteiger charge is -2.20. The molecule has 0 aliphatic heterocycles. The number of esters is 1. The Morgan fingerprint density at radius 1 is 1.15 bits per heavy atom. The number of nitrogens with zero attached hydrogens (tertiary/aromatic N) is 3. The Morgan fingerprint density at radius 3 is 2.42 bits per heavy atom. The predicted molar refractivity (Wildman–Crippen MR) is 125 cm³/mol. The van der Waals surface area contributed by atoms with E-state index in [-0.39, 0.29) is 27.8 Å². The molecule has 33 heavy (non-hydrogen) atoms. The van der Waals surface area contributed by atoms with Gasteiger partial charge in [-0.25, -0.2) is 14.3 Å². The van der Waals surface area contributed by atoms with Gasteiger partial charge in [-0.05, 0) is 69.5 Å². The maximum atomic E-state index is 12.3. The first-order valence-corrected chi connectivity index (χ1v) is 11.1. The Balaban J connectivity index is 1.56. The highest BCUT2D eigenvalue weighted by Crippen LogP contribution is 2.29. The van der Waals surface area contributed by atoms with Gasteiger partial charge >= 0.3 is 11.9 Å². The molecule has 0 unspecified atom stereocenters. The van der Waals surface area contributed by atoms with Crippen LogP contribution in [0.15, 0.2) is 24.3 Å². The first kappa shape index (κ1) is 25.0. The van der Waals surface area contributed by atoms with Crippen LogP contribution in [0, 0.1) is 6.92 Å². The fraction of sp³-hybridized carbons (Fsp3) is 0.391. The molecule has 1 aromatic heterocycles. The lowest BCUT2D eigenvalue weighted by atomic mass is 10.1. The van der Waals surface area contributed by atoms with E-state index in [1.165, 1.54) is 0 Å². The summed E-state index contributed by atoms with van der Waals surface area (Å²) in [5, 5.41) is 17.9. The minimum Gasteiger partial charge on any atom is -0.478 e. The molecule has 0 amide bonds. The summed E-state index contributed by atoms with van der Waals surface area (Å²) in [6, 6.07) is 6.55. The summed E-state index contributed by atoms with van der Waals surface area (Å²) in [7, 11) is 0. The quantitative estimate of drug-likeness (QED) is 0.335. The third-order valence-electron chi connectivity index (χ3n) is 4.80. The monoisotopic (exact) mass is 493 g/mol. The van der Waals surface area contributed by atoms with Crippen molar-refractivity contribution in [2.75, 3.05) is 6.61 Å². The number of carboxylic acid groups (broad SMARTS) is 1. The lowest BCUT2D eigenvalue weighted by Crippen LogP contribution is -2.24. The van der Waals surface area contributed by atoms with E-state index in [2.05, 4.69) is 10.3 Å². The minimum atomic E-state index is -0.989. The summed E-state index contributed by atoms with van der Waals surface area (Å²) in [6.07, 6.45) is 0.662. The molecule has 0 radical (unpaired) electrons. The van der Waals surface area contributed by atoms with Crippen molar-refractivity contribution in [1.82, 2.24) is 15.0 Å². The summed E-state index contributed by atoms with van der Waals surface area (Å²) < 4.78 is 12.8. The number of rotatable bonds is 8. The second-order valence-corrected chi connectivity index (χ2v) is 9.38. The van der Waals surface area contributed by atoms with Gasteiger partial charge in [-0.3, -0.25) is 0 Å². The summed E-state index contributed by atoms with van der Waals surface area (Å²) >= 11 is 12.5. The van der Waals surface area contributed by atoms with E-state index in [0.717, 1.165) is 11.1 Å². The third-order valence-corrected chi connectivity index (χ3v) is 5.40. The number of carbonyl (C=O) groups excluding carboxylic acids is 1. The van der Waals surface area contributed by atoms with Gasteiger partial charge in [-0.2, -0.15) is 0 Å². The van der Waals surface area contributed by atoms with Crippen LogP contribution in [-0.4, -0.2) is 44.2 Å². The maximum Gasteiger partial charge on any atom is 0.341 e. The molecule has 176 valence electrons. The van der Waals surface area contributed by atoms with Crippen LogP contribution < -0.4 is 0 Å². The van der Waals surface area contributed by atoms with Crippen molar-refractivity contribution in [3.05, 3.63) is 56.6 Å². The molecule has 0 fully saturated rings. The second kappa shape index (κ2) is 10.1. The molecule has 3 aromatic rings. The van der Waals surface area contributed by atoms with Crippen molar-refractivity contribution < 1.29 is 24.2 Å². The molecule has 0 atom stereocenters. The Morgan fingerprint density at radius 2 is 1.82 bits per heavy atom. The Kier molecular flexibility index (Phi) is 7.62. The summed E-state index contributed by atoms with van der Waals surface area (Å²) in [5.41, 5.74) is 2.37. The number of carboxylic acids is 1. The highest BCUT2D eigenvalue weighted by molar-refractivity contribution is 6.39. The number of hydrogen-bond acceptors (Lipinski definition) is 6. The van der Waals surface area contributed by atoms with E-state index in [4.69, 9.17) is 32.7 Å². The average molecular weight is 494 g/mol. The fourth-order valence-corrected chi connectivity index (χ4v) is 3.99. The van der Waals surface area contributed by atoms with Gasteiger partial charge in [0, 0.05) is 13.2 Å². The van der Waals surface area contributed by atoms with Gasteiger partial charge in [-0.15, -0.1) is 5.10 Å². The van der Waals surface area contributed by atoms with Crippen molar-refractivity contribution in [2.24, 2.45) is 0 Å². The minimum absolute atomic E-state index is 0.136. The molecule has 3 rings (SSSR count). The van der Waals surface area contributed by atoms with Gasteiger partial charge in [0.1, 0.15) is 11.1 Å². The molecule has 1 N–H and O–H groups in total. The summed E-state index contributed by atoms with van der Waals surface area (Å²) in [4.78, 5) is 23.6.